The van der Waals surface area contributed by atoms with E-state index >= 15 is 0 Å². The molecule has 0 unspecified atom stereocenters. The molecule has 2 heterocycles. The maximum Gasteiger partial charge on any atom is 0.335 e. The molecule has 1 N–H and O–H groups in total. The van der Waals surface area contributed by atoms with Gasteiger partial charge in [-0.25, -0.2) is 14.3 Å². The van der Waals surface area contributed by atoms with E-state index in [1.165, 1.54) is 16.7 Å². The van der Waals surface area contributed by atoms with Crippen LogP contribution in [0.2, 0.25) is 0 Å². The summed E-state index contributed by atoms with van der Waals surface area (Å²) in [5, 5.41) is 14.4. The van der Waals surface area contributed by atoms with Crippen LogP contribution in [0.5, 0.6) is 0 Å². The van der Waals surface area contributed by atoms with E-state index in [0.29, 0.717) is 23.4 Å². The van der Waals surface area contributed by atoms with E-state index in [1.807, 2.05) is 37.3 Å². The molecule has 0 bridgehead atoms. The third kappa shape index (κ3) is 3.47. The number of nitrogens with one attached hydrogen (secondary N) is 1. The number of rotatable bonds is 6. The van der Waals surface area contributed by atoms with Crippen LogP contribution >= 0.6 is 0 Å². The lowest BCUT2D eigenvalue weighted by Crippen LogP contribution is -2.23. The molecule has 0 saturated heterocycles. The van der Waals surface area contributed by atoms with Crippen molar-refractivity contribution in [3.05, 3.63) is 93.0 Å². The van der Waals surface area contributed by atoms with Gasteiger partial charge in [-0.15, -0.1) is 0 Å². The summed E-state index contributed by atoms with van der Waals surface area (Å²) in [6, 6.07) is 17.5. The molecule has 0 amide bonds. The van der Waals surface area contributed by atoms with Crippen LogP contribution in [-0.4, -0.2) is 25.6 Å². The predicted octanol–water partition coefficient (Wildman–Crippen LogP) is 3.58. The molecule has 0 aliphatic rings. The number of nitrogens with zero attached hydrogens (tertiary/aromatic N) is 4. The number of hydrogen-bond donors (Lipinski definition) is 1. The first-order chi connectivity index (χ1) is 14.1. The van der Waals surface area contributed by atoms with Gasteiger partial charge in [0.15, 0.2) is 5.65 Å². The largest absolute Gasteiger partial charge is 0.385 e. The van der Waals surface area contributed by atoms with Crippen molar-refractivity contribution >= 4 is 22.5 Å². The molecule has 146 valence electrons. The van der Waals surface area contributed by atoms with Crippen molar-refractivity contribution in [1.82, 2.24) is 14.1 Å². The summed E-state index contributed by atoms with van der Waals surface area (Å²) in [4.78, 5) is 28.3. The van der Waals surface area contributed by atoms with Gasteiger partial charge in [0.05, 0.1) is 22.7 Å². The Morgan fingerprint density at radius 3 is 2.62 bits per heavy atom. The van der Waals surface area contributed by atoms with Crippen molar-refractivity contribution in [3.63, 3.8) is 0 Å². The average Bonchev–Trinajstić information content (AvgIpc) is 3.01. The van der Waals surface area contributed by atoms with Gasteiger partial charge < -0.3 is 5.32 Å². The van der Waals surface area contributed by atoms with E-state index in [0.717, 1.165) is 17.8 Å². The maximum atomic E-state index is 13.2. The molecule has 0 radical (unpaired) electrons. The lowest BCUT2D eigenvalue weighted by atomic mass is 10.2. The zero-order chi connectivity index (χ0) is 20.4. The van der Waals surface area contributed by atoms with Gasteiger partial charge in [-0.2, -0.15) is 0 Å². The monoisotopic (exact) mass is 389 g/mol. The number of nitro benzene ring substituents is 1. The molecule has 0 spiro atoms. The minimum absolute atomic E-state index is 0.0785. The van der Waals surface area contributed by atoms with Crippen LogP contribution in [0.4, 0.5) is 11.4 Å². The van der Waals surface area contributed by atoms with E-state index in [9.17, 15) is 14.9 Å². The Labute approximate surface area is 166 Å². The molecule has 2 aromatic carbocycles. The summed E-state index contributed by atoms with van der Waals surface area (Å²) in [6.07, 6.45) is 1.60. The minimum Gasteiger partial charge on any atom is -0.385 e. The third-order valence-corrected chi connectivity index (χ3v) is 4.67. The second kappa shape index (κ2) is 7.59. The lowest BCUT2D eigenvalue weighted by Gasteiger charge is -2.06. The molecule has 4 rings (SSSR count). The molecule has 4 aromatic rings. The van der Waals surface area contributed by atoms with Crippen molar-refractivity contribution in [2.45, 2.75) is 13.5 Å². The highest BCUT2D eigenvalue weighted by Crippen LogP contribution is 2.20. The van der Waals surface area contributed by atoms with E-state index < -0.39 is 4.92 Å². The molecule has 2 aromatic heterocycles. The second-order valence-electron chi connectivity index (χ2n) is 6.55. The van der Waals surface area contributed by atoms with E-state index in [-0.39, 0.29) is 11.4 Å². The smallest absolute Gasteiger partial charge is 0.335 e. The van der Waals surface area contributed by atoms with Gasteiger partial charge in [0.25, 0.3) is 5.69 Å². The number of non-ortho nitro benzene ring substituents is 1. The SMILES string of the molecule is CCNc1ccc(Cn2c(=O)n(-c3cccc([N+](=O)[O-])c3)c3ncccc32)cc1. The Kier molecular flexibility index (Phi) is 4.82. The van der Waals surface area contributed by atoms with Gasteiger partial charge >= 0.3 is 5.69 Å². The number of fused-ring (bicyclic) bond motifs is 1. The number of aromatic nitrogens is 3. The number of benzene rings is 2. The van der Waals surface area contributed by atoms with Crippen LogP contribution in [0.25, 0.3) is 16.9 Å². The zero-order valence-corrected chi connectivity index (χ0v) is 15.8. The first kappa shape index (κ1) is 18.4. The Morgan fingerprint density at radius 1 is 1.10 bits per heavy atom. The van der Waals surface area contributed by atoms with Crippen molar-refractivity contribution < 1.29 is 4.92 Å². The lowest BCUT2D eigenvalue weighted by molar-refractivity contribution is -0.384. The van der Waals surface area contributed by atoms with Crippen LogP contribution in [0, 0.1) is 10.1 Å². The van der Waals surface area contributed by atoms with Crippen molar-refractivity contribution in [2.75, 3.05) is 11.9 Å². The number of nitro groups is 1. The summed E-state index contributed by atoms with van der Waals surface area (Å²) in [7, 11) is 0. The molecular formula is C21H19N5O3. The number of hydrogen-bond acceptors (Lipinski definition) is 5. The highest BCUT2D eigenvalue weighted by atomic mass is 16.6. The van der Waals surface area contributed by atoms with Gasteiger partial charge in [0, 0.05) is 30.6 Å². The van der Waals surface area contributed by atoms with Crippen LogP contribution in [0.1, 0.15) is 12.5 Å². The maximum absolute atomic E-state index is 13.2. The van der Waals surface area contributed by atoms with Crippen LogP contribution < -0.4 is 11.0 Å². The van der Waals surface area contributed by atoms with Gasteiger partial charge in [-0.05, 0) is 42.8 Å². The third-order valence-electron chi connectivity index (χ3n) is 4.67. The van der Waals surface area contributed by atoms with Gasteiger partial charge in [0.2, 0.25) is 0 Å². The predicted molar refractivity (Wildman–Crippen MR) is 112 cm³/mol. The summed E-state index contributed by atoms with van der Waals surface area (Å²) in [5.74, 6) is 0. The quantitative estimate of drug-likeness (QED) is 0.402. The van der Waals surface area contributed by atoms with Gasteiger partial charge in [0.1, 0.15) is 0 Å². The Morgan fingerprint density at radius 2 is 1.90 bits per heavy atom. The number of anilines is 1. The van der Waals surface area contributed by atoms with Gasteiger partial charge in [-0.3, -0.25) is 14.7 Å². The average molecular weight is 389 g/mol. The topological polar surface area (TPSA) is 95.0 Å². The fourth-order valence-corrected chi connectivity index (χ4v) is 3.33. The molecule has 0 atom stereocenters. The molecule has 0 aliphatic heterocycles. The number of imidazole rings is 1. The minimum atomic E-state index is -0.479. The molecule has 0 saturated carbocycles. The Bertz CT molecular complexity index is 1240. The molecule has 0 fully saturated rings. The highest BCUT2D eigenvalue weighted by Gasteiger charge is 2.17. The van der Waals surface area contributed by atoms with E-state index in [2.05, 4.69) is 10.3 Å². The van der Waals surface area contributed by atoms with Crippen LogP contribution in [0.3, 0.4) is 0 Å². The van der Waals surface area contributed by atoms with Crippen molar-refractivity contribution in [1.29, 1.82) is 0 Å². The summed E-state index contributed by atoms with van der Waals surface area (Å²) in [5.41, 5.74) is 3.15. The molecule has 8 nitrogen and oxygen atoms in total. The molecular weight excluding hydrogens is 370 g/mol. The second-order valence-corrected chi connectivity index (χ2v) is 6.55. The standard InChI is InChI=1S/C21H19N5O3/c1-2-22-16-10-8-15(9-11-16)14-24-19-7-4-12-23-20(19)25(21(24)27)17-5-3-6-18(13-17)26(28)29/h3-13,22H,2,14H2,1H3. The summed E-state index contributed by atoms with van der Waals surface area (Å²) in [6.45, 7) is 3.24. The molecule has 29 heavy (non-hydrogen) atoms. The summed E-state index contributed by atoms with van der Waals surface area (Å²) < 4.78 is 3.04. The van der Waals surface area contributed by atoms with E-state index in [4.69, 9.17) is 0 Å². The fraction of sp³-hybridized carbons (Fsp3) is 0.143. The van der Waals surface area contributed by atoms with Crippen LogP contribution in [0.15, 0.2) is 71.7 Å². The highest BCUT2D eigenvalue weighted by molar-refractivity contribution is 5.74. The zero-order valence-electron chi connectivity index (χ0n) is 15.8. The first-order valence-corrected chi connectivity index (χ1v) is 9.22. The summed E-state index contributed by atoms with van der Waals surface area (Å²) >= 11 is 0. The normalized spacial score (nSPS) is 10.9. The van der Waals surface area contributed by atoms with Crippen molar-refractivity contribution in [3.8, 4) is 5.69 Å². The van der Waals surface area contributed by atoms with E-state index in [1.54, 1.807) is 29.0 Å². The Balaban J connectivity index is 1.82. The first-order valence-electron chi connectivity index (χ1n) is 9.22. The fourth-order valence-electron chi connectivity index (χ4n) is 3.33. The Hall–Kier alpha value is -3.94. The van der Waals surface area contributed by atoms with Crippen LogP contribution in [-0.2, 0) is 6.54 Å². The van der Waals surface area contributed by atoms with Gasteiger partial charge in [-0.1, -0.05) is 18.2 Å². The molecule has 0 aliphatic carbocycles. The van der Waals surface area contributed by atoms with Crippen molar-refractivity contribution in [2.24, 2.45) is 0 Å². The number of pyridine rings is 1. The molecule has 8 heteroatoms.